The molecular formula is C16H26N2O3. The third kappa shape index (κ3) is 5.73. The summed E-state index contributed by atoms with van der Waals surface area (Å²) in [6.45, 7) is 5.59. The molecule has 1 heterocycles. The highest BCUT2D eigenvalue weighted by molar-refractivity contribution is 5.76. The third-order valence-electron chi connectivity index (χ3n) is 3.33. The number of nitrogens with zero attached hydrogens (tertiary/aromatic N) is 1. The number of methoxy groups -OCH3 is 1. The number of aliphatic hydroxyl groups excluding tert-OH is 1. The maximum Gasteiger partial charge on any atom is 0.222 e. The SMILES string of the molecule is CCC(=O)N(C/C=C\C1=C(CC)NC(O)C=C1)CCOC. The van der Waals surface area contributed by atoms with E-state index >= 15 is 0 Å². The number of ether oxygens (including phenoxy) is 1. The molecule has 0 aromatic heterocycles. The second kappa shape index (κ2) is 9.37. The molecule has 0 saturated heterocycles. The predicted octanol–water partition coefficient (Wildman–Crippen LogP) is 1.57. The van der Waals surface area contributed by atoms with E-state index in [1.165, 1.54) is 0 Å². The number of nitrogens with one attached hydrogen (secondary N) is 1. The summed E-state index contributed by atoms with van der Waals surface area (Å²) in [5, 5.41) is 12.5. The molecule has 0 radical (unpaired) electrons. The quantitative estimate of drug-likeness (QED) is 0.713. The van der Waals surface area contributed by atoms with Crippen LogP contribution >= 0.6 is 0 Å². The number of hydrogen-bond acceptors (Lipinski definition) is 4. The Kier molecular flexibility index (Phi) is 7.79. The molecule has 5 nitrogen and oxygen atoms in total. The molecule has 0 aliphatic carbocycles. The van der Waals surface area contributed by atoms with Crippen LogP contribution in [0.3, 0.4) is 0 Å². The van der Waals surface area contributed by atoms with Crippen molar-refractivity contribution in [3.63, 3.8) is 0 Å². The molecule has 1 atom stereocenters. The van der Waals surface area contributed by atoms with Crippen LogP contribution in [-0.2, 0) is 9.53 Å². The van der Waals surface area contributed by atoms with Gasteiger partial charge in [0.05, 0.1) is 6.61 Å². The molecule has 1 rings (SSSR count). The average Bonchev–Trinajstić information content (AvgIpc) is 2.50. The molecule has 1 aliphatic heterocycles. The summed E-state index contributed by atoms with van der Waals surface area (Å²) in [6, 6.07) is 0. The Morgan fingerprint density at radius 3 is 2.90 bits per heavy atom. The Morgan fingerprint density at radius 2 is 2.29 bits per heavy atom. The Balaban J connectivity index is 2.65. The average molecular weight is 294 g/mol. The van der Waals surface area contributed by atoms with Crippen LogP contribution in [0.2, 0.25) is 0 Å². The molecule has 0 spiro atoms. The first-order valence-electron chi connectivity index (χ1n) is 7.41. The van der Waals surface area contributed by atoms with Crippen molar-refractivity contribution in [3.05, 3.63) is 35.6 Å². The molecular weight excluding hydrogens is 268 g/mol. The number of hydrogen-bond donors (Lipinski definition) is 2. The minimum Gasteiger partial charge on any atom is -0.383 e. The monoisotopic (exact) mass is 294 g/mol. The van der Waals surface area contributed by atoms with E-state index in [4.69, 9.17) is 4.74 Å². The maximum atomic E-state index is 11.8. The van der Waals surface area contributed by atoms with Gasteiger partial charge in [-0.15, -0.1) is 0 Å². The zero-order valence-corrected chi connectivity index (χ0v) is 13.1. The van der Waals surface area contributed by atoms with Gasteiger partial charge in [0.2, 0.25) is 5.91 Å². The Morgan fingerprint density at radius 1 is 1.52 bits per heavy atom. The standard InChI is InChI=1S/C16H26N2O3/c1-4-14-13(8-9-15(19)17-14)7-6-10-18(11-12-21-3)16(20)5-2/h6-9,15,17,19H,4-5,10-12H2,1-3H3/b7-6-. The van der Waals surface area contributed by atoms with Crippen molar-refractivity contribution in [2.45, 2.75) is 32.9 Å². The van der Waals surface area contributed by atoms with E-state index < -0.39 is 6.23 Å². The van der Waals surface area contributed by atoms with Crippen LogP contribution in [-0.4, -0.2) is 48.9 Å². The lowest BCUT2D eigenvalue weighted by Gasteiger charge is -2.21. The molecule has 1 amide bonds. The summed E-state index contributed by atoms with van der Waals surface area (Å²) >= 11 is 0. The van der Waals surface area contributed by atoms with Crippen molar-refractivity contribution in [1.82, 2.24) is 10.2 Å². The highest BCUT2D eigenvalue weighted by atomic mass is 16.5. The molecule has 21 heavy (non-hydrogen) atoms. The zero-order chi connectivity index (χ0) is 15.7. The molecule has 5 heteroatoms. The molecule has 0 aromatic carbocycles. The third-order valence-corrected chi connectivity index (χ3v) is 3.33. The largest absolute Gasteiger partial charge is 0.383 e. The fourth-order valence-electron chi connectivity index (χ4n) is 2.12. The second-order valence-electron chi connectivity index (χ2n) is 4.82. The van der Waals surface area contributed by atoms with E-state index in [-0.39, 0.29) is 5.91 Å². The number of aliphatic hydroxyl groups is 1. The predicted molar refractivity (Wildman–Crippen MR) is 83.5 cm³/mol. The lowest BCUT2D eigenvalue weighted by Crippen LogP contribution is -2.33. The van der Waals surface area contributed by atoms with Crippen LogP contribution < -0.4 is 5.32 Å². The Bertz CT molecular complexity index is 427. The van der Waals surface area contributed by atoms with Gasteiger partial charge < -0.3 is 20.1 Å². The first-order valence-corrected chi connectivity index (χ1v) is 7.41. The normalized spacial score (nSPS) is 18.2. The van der Waals surface area contributed by atoms with E-state index in [2.05, 4.69) is 5.32 Å². The first kappa shape index (κ1) is 17.5. The van der Waals surface area contributed by atoms with Crippen molar-refractivity contribution in [1.29, 1.82) is 0 Å². The zero-order valence-electron chi connectivity index (χ0n) is 13.1. The fraction of sp³-hybridized carbons (Fsp3) is 0.562. The van der Waals surface area contributed by atoms with Crippen LogP contribution in [0.5, 0.6) is 0 Å². The van der Waals surface area contributed by atoms with E-state index in [1.807, 2.05) is 32.1 Å². The summed E-state index contributed by atoms with van der Waals surface area (Å²) in [5.74, 6) is 0.120. The Labute approximate surface area is 127 Å². The smallest absolute Gasteiger partial charge is 0.222 e. The molecule has 0 bridgehead atoms. The van der Waals surface area contributed by atoms with Gasteiger partial charge in [-0.25, -0.2) is 0 Å². The van der Waals surface area contributed by atoms with Crippen LogP contribution in [0, 0.1) is 0 Å². The van der Waals surface area contributed by atoms with E-state index in [0.717, 1.165) is 17.7 Å². The minimum absolute atomic E-state index is 0.120. The van der Waals surface area contributed by atoms with E-state index in [1.54, 1.807) is 18.1 Å². The van der Waals surface area contributed by atoms with Gasteiger partial charge in [-0.2, -0.15) is 0 Å². The van der Waals surface area contributed by atoms with Gasteiger partial charge in [0, 0.05) is 32.3 Å². The lowest BCUT2D eigenvalue weighted by atomic mass is 10.1. The summed E-state index contributed by atoms with van der Waals surface area (Å²) in [6.07, 6.45) is 8.26. The van der Waals surface area contributed by atoms with Crippen LogP contribution in [0.4, 0.5) is 0 Å². The summed E-state index contributed by atoms with van der Waals surface area (Å²) in [7, 11) is 1.63. The number of rotatable bonds is 8. The second-order valence-corrected chi connectivity index (χ2v) is 4.82. The number of dihydropyridines is 1. The van der Waals surface area contributed by atoms with Crippen molar-refractivity contribution in [2.24, 2.45) is 0 Å². The molecule has 2 N–H and O–H groups in total. The molecule has 1 unspecified atom stereocenters. The van der Waals surface area contributed by atoms with E-state index in [9.17, 15) is 9.90 Å². The summed E-state index contributed by atoms with van der Waals surface area (Å²) < 4.78 is 5.03. The van der Waals surface area contributed by atoms with Gasteiger partial charge in [-0.1, -0.05) is 32.1 Å². The molecule has 0 fully saturated rings. The van der Waals surface area contributed by atoms with Gasteiger partial charge in [0.25, 0.3) is 0 Å². The van der Waals surface area contributed by atoms with Gasteiger partial charge in [0.15, 0.2) is 0 Å². The molecule has 118 valence electrons. The molecule has 1 aliphatic rings. The van der Waals surface area contributed by atoms with Crippen molar-refractivity contribution >= 4 is 5.91 Å². The maximum absolute atomic E-state index is 11.8. The number of carbonyl (C=O) groups excluding carboxylic acids is 1. The van der Waals surface area contributed by atoms with Crippen LogP contribution in [0.1, 0.15) is 26.7 Å². The van der Waals surface area contributed by atoms with Crippen LogP contribution in [0.15, 0.2) is 35.6 Å². The summed E-state index contributed by atoms with van der Waals surface area (Å²) in [5.41, 5.74) is 2.05. The molecule has 0 saturated carbocycles. The highest BCUT2D eigenvalue weighted by Crippen LogP contribution is 2.14. The van der Waals surface area contributed by atoms with Crippen LogP contribution in [0.25, 0.3) is 0 Å². The van der Waals surface area contributed by atoms with Gasteiger partial charge >= 0.3 is 0 Å². The number of amides is 1. The molecule has 0 aromatic rings. The van der Waals surface area contributed by atoms with Crippen molar-refractivity contribution in [3.8, 4) is 0 Å². The topological polar surface area (TPSA) is 61.8 Å². The summed E-state index contributed by atoms with van der Waals surface area (Å²) in [4.78, 5) is 13.6. The van der Waals surface area contributed by atoms with Gasteiger partial charge in [0.1, 0.15) is 6.23 Å². The van der Waals surface area contributed by atoms with Gasteiger partial charge in [-0.05, 0) is 18.1 Å². The Hall–Kier alpha value is -1.59. The van der Waals surface area contributed by atoms with Gasteiger partial charge in [-0.3, -0.25) is 4.79 Å². The van der Waals surface area contributed by atoms with E-state index in [0.29, 0.717) is 26.1 Å². The fourth-order valence-corrected chi connectivity index (χ4v) is 2.12. The number of allylic oxidation sites excluding steroid dienone is 4. The van der Waals surface area contributed by atoms with Crippen molar-refractivity contribution < 1.29 is 14.6 Å². The minimum atomic E-state index is -0.614. The lowest BCUT2D eigenvalue weighted by molar-refractivity contribution is -0.130. The first-order chi connectivity index (χ1) is 10.1. The van der Waals surface area contributed by atoms with Crippen molar-refractivity contribution in [2.75, 3.05) is 26.8 Å². The highest BCUT2D eigenvalue weighted by Gasteiger charge is 2.11. The number of carbonyl (C=O) groups is 1.